The number of nitrogens with one attached hydrogen (secondary N) is 2. The lowest BCUT2D eigenvalue weighted by atomic mass is 9.84. The van der Waals surface area contributed by atoms with Gasteiger partial charge in [-0.05, 0) is 53.1 Å². The number of nitrogens with zero attached hydrogens (tertiary/aromatic N) is 1. The molecular formula is C36H34F3N3O5. The molecule has 0 spiro atoms. The molecule has 0 unspecified atom stereocenters. The number of hydrogen-bond donors (Lipinski definition) is 3. The van der Waals surface area contributed by atoms with Gasteiger partial charge in [-0.25, -0.2) is 10.4 Å². The van der Waals surface area contributed by atoms with E-state index >= 15 is 0 Å². The standard InChI is InChI=1S/C36H34F3N3O5/c37-36(38,39)47-31-18-14-27(15-19-31)25-40-42-34(44)35(22-7-11-26-9-3-1-4-10-26)32(28-12-5-2-6-13-28)46-33(41-35)29-16-20-30(21-17-29)45-24-8-23-43/h1-7,9-21,32,40,43H,8,22-25H2,(H,42,44)/b11-7+/t32-,35-/m0/s1. The zero-order valence-corrected chi connectivity index (χ0v) is 25.3. The molecule has 47 heavy (non-hydrogen) atoms. The van der Waals surface area contributed by atoms with Gasteiger partial charge in [0, 0.05) is 31.6 Å². The number of amides is 1. The number of benzene rings is 4. The number of ether oxygens (including phenoxy) is 3. The van der Waals surface area contributed by atoms with Gasteiger partial charge >= 0.3 is 6.36 Å². The van der Waals surface area contributed by atoms with Crippen molar-refractivity contribution in [3.05, 3.63) is 138 Å². The summed E-state index contributed by atoms with van der Waals surface area (Å²) in [5, 5.41) is 9.03. The highest BCUT2D eigenvalue weighted by Crippen LogP contribution is 2.43. The summed E-state index contributed by atoms with van der Waals surface area (Å²) in [5.41, 5.74) is 7.19. The highest BCUT2D eigenvalue weighted by Gasteiger charge is 2.52. The Morgan fingerprint density at radius 1 is 0.915 bits per heavy atom. The van der Waals surface area contributed by atoms with Gasteiger partial charge in [0.05, 0.1) is 6.61 Å². The molecule has 1 aliphatic heterocycles. The highest BCUT2D eigenvalue weighted by atomic mass is 19.4. The van der Waals surface area contributed by atoms with Crippen LogP contribution in [0.2, 0.25) is 0 Å². The first-order valence-electron chi connectivity index (χ1n) is 15.0. The summed E-state index contributed by atoms with van der Waals surface area (Å²) in [7, 11) is 0. The second-order valence-corrected chi connectivity index (χ2v) is 10.7. The van der Waals surface area contributed by atoms with Crippen molar-refractivity contribution in [2.45, 2.75) is 37.4 Å². The minimum absolute atomic E-state index is 0.0323. The largest absolute Gasteiger partial charge is 0.573 e. The molecule has 0 aliphatic carbocycles. The van der Waals surface area contributed by atoms with Gasteiger partial charge in [-0.1, -0.05) is 84.9 Å². The molecule has 11 heteroatoms. The Morgan fingerprint density at radius 2 is 1.57 bits per heavy atom. The number of hydrazine groups is 1. The maximum atomic E-state index is 14.2. The fourth-order valence-corrected chi connectivity index (χ4v) is 5.03. The summed E-state index contributed by atoms with van der Waals surface area (Å²) < 4.78 is 53.7. The van der Waals surface area contributed by atoms with Gasteiger partial charge in [0.25, 0.3) is 5.91 Å². The normalized spacial score (nSPS) is 17.6. The van der Waals surface area contributed by atoms with Gasteiger partial charge in [0.2, 0.25) is 5.90 Å². The first kappa shape index (κ1) is 33.2. The van der Waals surface area contributed by atoms with E-state index in [1.54, 1.807) is 24.3 Å². The lowest BCUT2D eigenvalue weighted by Gasteiger charge is -2.29. The molecule has 3 N–H and O–H groups in total. The zero-order valence-electron chi connectivity index (χ0n) is 25.3. The second-order valence-electron chi connectivity index (χ2n) is 10.7. The topological polar surface area (TPSA) is 101 Å². The van der Waals surface area contributed by atoms with Gasteiger partial charge in [0.1, 0.15) is 11.5 Å². The van der Waals surface area contributed by atoms with E-state index in [0.717, 1.165) is 11.1 Å². The Kier molecular flexibility index (Phi) is 10.9. The van der Waals surface area contributed by atoms with E-state index in [4.69, 9.17) is 19.6 Å². The number of alkyl halides is 3. The third-order valence-corrected chi connectivity index (χ3v) is 7.32. The lowest BCUT2D eigenvalue weighted by molar-refractivity contribution is -0.274. The van der Waals surface area contributed by atoms with Gasteiger partial charge in [-0.2, -0.15) is 0 Å². The summed E-state index contributed by atoms with van der Waals surface area (Å²) in [6.45, 7) is 0.530. The van der Waals surface area contributed by atoms with E-state index in [1.807, 2.05) is 72.8 Å². The van der Waals surface area contributed by atoms with Crippen LogP contribution in [0.4, 0.5) is 13.2 Å². The smallest absolute Gasteiger partial charge is 0.494 e. The first-order valence-corrected chi connectivity index (χ1v) is 15.0. The number of halogens is 3. The predicted octanol–water partition coefficient (Wildman–Crippen LogP) is 6.53. The summed E-state index contributed by atoms with van der Waals surface area (Å²) in [6, 6.07) is 31.5. The molecule has 0 radical (unpaired) electrons. The van der Waals surface area contributed by atoms with Crippen molar-refractivity contribution < 1.29 is 37.3 Å². The fraction of sp³-hybridized carbons (Fsp3) is 0.222. The molecule has 244 valence electrons. The molecule has 0 saturated carbocycles. The van der Waals surface area contributed by atoms with Crippen molar-refractivity contribution in [3.8, 4) is 11.5 Å². The molecule has 0 aromatic heterocycles. The molecule has 1 aliphatic rings. The van der Waals surface area contributed by atoms with Gasteiger partial charge in [0.15, 0.2) is 11.6 Å². The van der Waals surface area contributed by atoms with Crippen molar-refractivity contribution in [1.82, 2.24) is 10.9 Å². The SMILES string of the molecule is O=C(NNCc1ccc(OC(F)(F)F)cc1)[C@@]1(C/C=C/c2ccccc2)N=C(c2ccc(OCCCO)cc2)O[C@H]1c1ccccc1. The quantitative estimate of drug-likeness (QED) is 0.107. The van der Waals surface area contributed by atoms with Crippen LogP contribution in [0.25, 0.3) is 6.08 Å². The van der Waals surface area contributed by atoms with Crippen LogP contribution in [-0.4, -0.2) is 42.0 Å². The van der Waals surface area contributed by atoms with Crippen LogP contribution in [0.3, 0.4) is 0 Å². The summed E-state index contributed by atoms with van der Waals surface area (Å²) in [4.78, 5) is 19.1. The number of rotatable bonds is 14. The number of carbonyl (C=O) groups excluding carboxylic acids is 1. The van der Waals surface area contributed by atoms with Crippen LogP contribution in [0.1, 0.15) is 41.2 Å². The third-order valence-electron chi connectivity index (χ3n) is 7.32. The zero-order chi connectivity index (χ0) is 33.1. The average molecular weight is 646 g/mol. The first-order chi connectivity index (χ1) is 22.8. The van der Waals surface area contributed by atoms with Gasteiger partial charge < -0.3 is 19.3 Å². The van der Waals surface area contributed by atoms with E-state index in [0.29, 0.717) is 29.9 Å². The second kappa shape index (κ2) is 15.4. The molecule has 1 amide bonds. The third kappa shape index (κ3) is 8.99. The number of aliphatic hydroxyl groups is 1. The molecule has 8 nitrogen and oxygen atoms in total. The Morgan fingerprint density at radius 3 is 2.23 bits per heavy atom. The van der Waals surface area contributed by atoms with Gasteiger partial charge in [-0.3, -0.25) is 10.2 Å². The van der Waals surface area contributed by atoms with Crippen molar-refractivity contribution in [2.75, 3.05) is 13.2 Å². The monoisotopic (exact) mass is 645 g/mol. The summed E-state index contributed by atoms with van der Waals surface area (Å²) >= 11 is 0. The van der Waals surface area contributed by atoms with Crippen LogP contribution < -0.4 is 20.3 Å². The average Bonchev–Trinajstić information content (AvgIpc) is 3.47. The lowest BCUT2D eigenvalue weighted by Crippen LogP contribution is -2.52. The summed E-state index contributed by atoms with van der Waals surface area (Å²) in [5.74, 6) is 0.108. The Labute approximate surface area is 270 Å². The minimum Gasteiger partial charge on any atom is -0.494 e. The molecule has 5 rings (SSSR count). The van der Waals surface area contributed by atoms with Crippen molar-refractivity contribution in [2.24, 2.45) is 4.99 Å². The van der Waals surface area contributed by atoms with Crippen LogP contribution in [0.15, 0.2) is 120 Å². The van der Waals surface area contributed by atoms with E-state index in [9.17, 15) is 18.0 Å². The van der Waals surface area contributed by atoms with Crippen LogP contribution >= 0.6 is 0 Å². The molecule has 2 atom stereocenters. The Bertz CT molecular complexity index is 1650. The Hall–Kier alpha value is -5.13. The van der Waals surface area contributed by atoms with Crippen molar-refractivity contribution >= 4 is 17.9 Å². The Balaban J connectivity index is 1.42. The predicted molar refractivity (Wildman–Crippen MR) is 171 cm³/mol. The minimum atomic E-state index is -4.79. The molecular weight excluding hydrogens is 611 g/mol. The van der Waals surface area contributed by atoms with Crippen molar-refractivity contribution in [3.63, 3.8) is 0 Å². The molecule has 4 aromatic carbocycles. The van der Waals surface area contributed by atoms with Crippen LogP contribution in [0.5, 0.6) is 11.5 Å². The highest BCUT2D eigenvalue weighted by molar-refractivity contribution is 6.01. The van der Waals surface area contributed by atoms with E-state index in [-0.39, 0.29) is 31.2 Å². The van der Waals surface area contributed by atoms with Crippen molar-refractivity contribution in [1.29, 1.82) is 0 Å². The van der Waals surface area contributed by atoms with Gasteiger partial charge in [-0.15, -0.1) is 13.2 Å². The summed E-state index contributed by atoms with van der Waals surface area (Å²) in [6.07, 6.45) is -1.08. The van der Waals surface area contributed by atoms with E-state index in [2.05, 4.69) is 15.6 Å². The number of aliphatic hydroxyl groups excluding tert-OH is 1. The molecule has 0 fully saturated rings. The maximum Gasteiger partial charge on any atom is 0.573 e. The van der Waals surface area contributed by atoms with Crippen LogP contribution in [0, 0.1) is 0 Å². The molecule has 0 bridgehead atoms. The molecule has 1 heterocycles. The maximum absolute atomic E-state index is 14.2. The van der Waals surface area contributed by atoms with Crippen LogP contribution in [-0.2, 0) is 16.1 Å². The number of carbonyl (C=O) groups is 1. The number of aliphatic imine (C=N–C) groups is 1. The fourth-order valence-electron chi connectivity index (χ4n) is 5.03. The number of hydrogen-bond acceptors (Lipinski definition) is 7. The molecule has 4 aromatic rings. The van der Waals surface area contributed by atoms with E-state index in [1.165, 1.54) is 24.3 Å². The van der Waals surface area contributed by atoms with E-state index < -0.39 is 23.9 Å². The molecule has 0 saturated heterocycles.